The highest BCUT2D eigenvalue weighted by Crippen LogP contribution is 2.13. The molecule has 0 aliphatic heterocycles. The summed E-state index contributed by atoms with van der Waals surface area (Å²) in [4.78, 5) is 34.8. The molecule has 0 aliphatic carbocycles. The highest BCUT2D eigenvalue weighted by Gasteiger charge is 2.28. The molecule has 1 aromatic rings. The Hall–Kier alpha value is -2.08. The predicted molar refractivity (Wildman–Crippen MR) is 80.8 cm³/mol. The van der Waals surface area contributed by atoms with E-state index in [2.05, 4.69) is 5.32 Å². The van der Waals surface area contributed by atoms with E-state index in [0.717, 1.165) is 0 Å². The zero-order valence-corrected chi connectivity index (χ0v) is 13.1. The smallest absolute Gasteiger partial charge is 0.326 e. The summed E-state index contributed by atoms with van der Waals surface area (Å²) in [5, 5.41) is 12.1. The van der Waals surface area contributed by atoms with Crippen LogP contribution >= 0.6 is 11.6 Å². The van der Waals surface area contributed by atoms with Crippen LogP contribution in [0, 0.1) is 5.92 Å². The first-order valence-electron chi connectivity index (χ1n) is 6.80. The molecule has 2 N–H and O–H groups in total. The number of carbonyl (C=O) groups excluding carboxylic acids is 2. The molecule has 0 aliphatic rings. The highest BCUT2D eigenvalue weighted by atomic mass is 35.5. The van der Waals surface area contributed by atoms with Crippen LogP contribution in [-0.2, 0) is 14.3 Å². The number of carboxylic acids is 1. The molecular weight excluding hydrogens is 310 g/mol. The van der Waals surface area contributed by atoms with Crippen molar-refractivity contribution in [3.8, 4) is 0 Å². The van der Waals surface area contributed by atoms with Gasteiger partial charge in [-0.25, -0.2) is 4.79 Å². The van der Waals surface area contributed by atoms with Crippen LogP contribution in [0.1, 0.15) is 30.6 Å². The summed E-state index contributed by atoms with van der Waals surface area (Å²) in [5.74, 6) is -2.85. The Morgan fingerprint density at radius 1 is 1.27 bits per heavy atom. The van der Waals surface area contributed by atoms with E-state index in [9.17, 15) is 19.5 Å². The maximum Gasteiger partial charge on any atom is 0.326 e. The number of aliphatic carboxylic acids is 1. The van der Waals surface area contributed by atoms with Gasteiger partial charge in [0.2, 0.25) is 0 Å². The minimum Gasteiger partial charge on any atom is -0.480 e. The molecule has 0 bridgehead atoms. The van der Waals surface area contributed by atoms with Crippen LogP contribution in [0.15, 0.2) is 24.3 Å². The standard InChI is InChI=1S/C15H18ClNO5/c1-3-22-12(18)8-9(2)13(15(20)21)17-14(19)10-4-6-11(16)7-5-10/h4-7,9,13H,3,8H2,1-2H3,(H,17,19)(H,20,21)/t9-,13-/m1/s1. The van der Waals surface area contributed by atoms with Gasteiger partial charge in [-0.3, -0.25) is 9.59 Å². The number of rotatable bonds is 7. The Kier molecular flexibility index (Phi) is 6.85. The third-order valence-corrected chi connectivity index (χ3v) is 3.27. The van der Waals surface area contributed by atoms with Gasteiger partial charge in [0, 0.05) is 10.6 Å². The first-order valence-corrected chi connectivity index (χ1v) is 7.17. The van der Waals surface area contributed by atoms with E-state index in [4.69, 9.17) is 16.3 Å². The third-order valence-electron chi connectivity index (χ3n) is 3.02. The van der Waals surface area contributed by atoms with E-state index >= 15 is 0 Å². The fourth-order valence-electron chi connectivity index (χ4n) is 1.87. The third kappa shape index (κ3) is 5.37. The van der Waals surface area contributed by atoms with E-state index < -0.39 is 29.8 Å². The van der Waals surface area contributed by atoms with Crippen LogP contribution < -0.4 is 5.32 Å². The SMILES string of the molecule is CCOC(=O)C[C@@H](C)[C@@H](NC(=O)c1ccc(Cl)cc1)C(=O)O. The average Bonchev–Trinajstić information content (AvgIpc) is 2.44. The minimum absolute atomic E-state index is 0.0916. The van der Waals surface area contributed by atoms with Crippen LogP contribution in [0.4, 0.5) is 0 Å². The molecule has 0 radical (unpaired) electrons. The fourth-order valence-corrected chi connectivity index (χ4v) is 2.00. The summed E-state index contributed by atoms with van der Waals surface area (Å²) in [6, 6.07) is 4.87. The van der Waals surface area contributed by atoms with Crippen LogP contribution in [0.5, 0.6) is 0 Å². The quantitative estimate of drug-likeness (QED) is 0.748. The van der Waals surface area contributed by atoms with Crippen molar-refractivity contribution in [1.29, 1.82) is 0 Å². The fraction of sp³-hybridized carbons (Fsp3) is 0.400. The van der Waals surface area contributed by atoms with Crippen LogP contribution in [0.25, 0.3) is 0 Å². The van der Waals surface area contributed by atoms with Gasteiger partial charge < -0.3 is 15.2 Å². The number of hydrogen-bond donors (Lipinski definition) is 2. The second-order valence-corrected chi connectivity index (χ2v) is 5.22. The number of amides is 1. The molecule has 1 amide bonds. The number of benzene rings is 1. The molecule has 6 nitrogen and oxygen atoms in total. The topological polar surface area (TPSA) is 92.7 Å². The van der Waals surface area contributed by atoms with Gasteiger partial charge in [-0.05, 0) is 37.1 Å². The van der Waals surface area contributed by atoms with Crippen molar-refractivity contribution in [3.63, 3.8) is 0 Å². The van der Waals surface area contributed by atoms with E-state index in [1.807, 2.05) is 0 Å². The molecule has 0 saturated carbocycles. The van der Waals surface area contributed by atoms with Crippen molar-refractivity contribution in [2.45, 2.75) is 26.3 Å². The van der Waals surface area contributed by atoms with Crippen molar-refractivity contribution in [1.82, 2.24) is 5.32 Å². The molecule has 0 aromatic heterocycles. The van der Waals surface area contributed by atoms with E-state index in [0.29, 0.717) is 10.6 Å². The number of carbonyl (C=O) groups is 3. The van der Waals surface area contributed by atoms with Crippen LogP contribution in [0.2, 0.25) is 5.02 Å². The molecule has 2 atom stereocenters. The average molecular weight is 328 g/mol. The summed E-state index contributed by atoms with van der Waals surface area (Å²) in [6.07, 6.45) is -0.0916. The summed E-state index contributed by atoms with van der Waals surface area (Å²) in [7, 11) is 0. The molecule has 0 fully saturated rings. The Morgan fingerprint density at radius 2 is 1.86 bits per heavy atom. The minimum atomic E-state index is -1.21. The summed E-state index contributed by atoms with van der Waals surface area (Å²) < 4.78 is 4.79. The second-order valence-electron chi connectivity index (χ2n) is 4.78. The predicted octanol–water partition coefficient (Wildman–Crippen LogP) is 2.11. The molecule has 0 heterocycles. The Bertz CT molecular complexity index is 543. The van der Waals surface area contributed by atoms with Crippen molar-refractivity contribution in [3.05, 3.63) is 34.9 Å². The lowest BCUT2D eigenvalue weighted by Crippen LogP contribution is -2.45. The summed E-state index contributed by atoms with van der Waals surface area (Å²) in [5.41, 5.74) is 0.291. The molecule has 1 rings (SSSR count). The van der Waals surface area contributed by atoms with Gasteiger partial charge in [-0.15, -0.1) is 0 Å². The number of hydrogen-bond acceptors (Lipinski definition) is 4. The molecule has 1 aromatic carbocycles. The lowest BCUT2D eigenvalue weighted by atomic mass is 9.98. The van der Waals surface area contributed by atoms with E-state index in [1.54, 1.807) is 13.8 Å². The van der Waals surface area contributed by atoms with Gasteiger partial charge in [-0.2, -0.15) is 0 Å². The number of carboxylic acid groups (broad SMARTS) is 1. The maximum absolute atomic E-state index is 12.1. The van der Waals surface area contributed by atoms with Crippen molar-refractivity contribution in [2.24, 2.45) is 5.92 Å². The normalized spacial score (nSPS) is 13.0. The zero-order valence-electron chi connectivity index (χ0n) is 12.3. The lowest BCUT2D eigenvalue weighted by Gasteiger charge is -2.20. The van der Waals surface area contributed by atoms with Gasteiger partial charge in [0.15, 0.2) is 0 Å². The van der Waals surface area contributed by atoms with Crippen LogP contribution in [0.3, 0.4) is 0 Å². The summed E-state index contributed by atoms with van der Waals surface area (Å²) in [6.45, 7) is 3.46. The van der Waals surface area contributed by atoms with Gasteiger partial charge in [0.1, 0.15) is 6.04 Å². The van der Waals surface area contributed by atoms with Gasteiger partial charge in [-0.1, -0.05) is 18.5 Å². The van der Waals surface area contributed by atoms with E-state index in [1.165, 1.54) is 24.3 Å². The molecule has 0 saturated heterocycles. The molecular formula is C15H18ClNO5. The first-order chi connectivity index (χ1) is 10.3. The van der Waals surface area contributed by atoms with Gasteiger partial charge >= 0.3 is 11.9 Å². The van der Waals surface area contributed by atoms with Gasteiger partial charge in [0.05, 0.1) is 13.0 Å². The number of ether oxygens (including phenoxy) is 1. The molecule has 7 heteroatoms. The Labute approximate surface area is 133 Å². The molecule has 120 valence electrons. The van der Waals surface area contributed by atoms with Gasteiger partial charge in [0.25, 0.3) is 5.91 Å². The first kappa shape index (κ1) is 18.0. The van der Waals surface area contributed by atoms with E-state index in [-0.39, 0.29) is 13.0 Å². The Balaban J connectivity index is 2.75. The van der Waals surface area contributed by atoms with Crippen molar-refractivity contribution < 1.29 is 24.2 Å². The largest absolute Gasteiger partial charge is 0.480 e. The molecule has 0 unspecified atom stereocenters. The monoisotopic (exact) mass is 327 g/mol. The lowest BCUT2D eigenvalue weighted by molar-refractivity contribution is -0.145. The number of esters is 1. The maximum atomic E-state index is 12.1. The zero-order chi connectivity index (χ0) is 16.7. The number of halogens is 1. The molecule has 22 heavy (non-hydrogen) atoms. The highest BCUT2D eigenvalue weighted by molar-refractivity contribution is 6.30. The van der Waals surface area contributed by atoms with Crippen LogP contribution in [-0.4, -0.2) is 35.6 Å². The summed E-state index contributed by atoms with van der Waals surface area (Å²) >= 11 is 5.73. The second kappa shape index (κ2) is 8.38. The number of nitrogens with one attached hydrogen (secondary N) is 1. The van der Waals surface area contributed by atoms with Crippen molar-refractivity contribution in [2.75, 3.05) is 6.61 Å². The Morgan fingerprint density at radius 3 is 2.36 bits per heavy atom. The molecule has 0 spiro atoms. The van der Waals surface area contributed by atoms with Crippen molar-refractivity contribution >= 4 is 29.4 Å².